The lowest BCUT2D eigenvalue weighted by Gasteiger charge is -2.31. The molecule has 0 aromatic carbocycles. The van der Waals surface area contributed by atoms with Crippen molar-refractivity contribution in [3.05, 3.63) is 18.0 Å². The van der Waals surface area contributed by atoms with E-state index in [4.69, 9.17) is 9.47 Å². The SMILES string of the molecule is CCOC(=O)N1CCC(NC(=O)c2cc(S(=O)(=O)N3CCOCC3)cn2C)CC1. The average molecular weight is 429 g/mol. The van der Waals surface area contributed by atoms with Crippen LogP contribution in [0.1, 0.15) is 30.3 Å². The highest BCUT2D eigenvalue weighted by Gasteiger charge is 2.30. The summed E-state index contributed by atoms with van der Waals surface area (Å²) in [6, 6.07) is 1.33. The maximum absolute atomic E-state index is 12.8. The molecule has 2 saturated heterocycles. The number of sulfonamides is 1. The molecule has 1 aromatic heterocycles. The van der Waals surface area contributed by atoms with Gasteiger partial charge in [0.1, 0.15) is 10.6 Å². The summed E-state index contributed by atoms with van der Waals surface area (Å²) in [7, 11) is -2.01. The normalized spacial score (nSPS) is 19.2. The van der Waals surface area contributed by atoms with Crippen molar-refractivity contribution in [2.75, 3.05) is 46.0 Å². The molecule has 0 spiro atoms. The molecule has 0 radical (unpaired) electrons. The maximum atomic E-state index is 12.8. The second-order valence-electron chi connectivity index (χ2n) is 7.12. The van der Waals surface area contributed by atoms with Crippen LogP contribution >= 0.6 is 0 Å². The van der Waals surface area contributed by atoms with E-state index in [1.165, 1.54) is 21.1 Å². The number of amides is 2. The molecule has 10 nitrogen and oxygen atoms in total. The van der Waals surface area contributed by atoms with Gasteiger partial charge in [-0.1, -0.05) is 0 Å². The van der Waals surface area contributed by atoms with Crippen molar-refractivity contribution in [2.45, 2.75) is 30.7 Å². The molecule has 0 bridgehead atoms. The predicted molar refractivity (Wildman–Crippen MR) is 104 cm³/mol. The summed E-state index contributed by atoms with van der Waals surface area (Å²) in [6.45, 7) is 4.45. The summed E-state index contributed by atoms with van der Waals surface area (Å²) >= 11 is 0. The average Bonchev–Trinajstić information content (AvgIpc) is 3.12. The van der Waals surface area contributed by atoms with Crippen molar-refractivity contribution < 1.29 is 27.5 Å². The van der Waals surface area contributed by atoms with Gasteiger partial charge >= 0.3 is 6.09 Å². The van der Waals surface area contributed by atoms with Crippen molar-refractivity contribution in [1.82, 2.24) is 19.1 Å². The summed E-state index contributed by atoms with van der Waals surface area (Å²) in [4.78, 5) is 26.2. The van der Waals surface area contributed by atoms with E-state index in [-0.39, 0.29) is 28.6 Å². The molecular formula is C18H28N4O6S. The van der Waals surface area contributed by atoms with Crippen molar-refractivity contribution in [3.8, 4) is 0 Å². The number of piperidine rings is 1. The molecule has 3 heterocycles. The first-order valence-corrected chi connectivity index (χ1v) is 11.2. The van der Waals surface area contributed by atoms with E-state index in [9.17, 15) is 18.0 Å². The van der Waals surface area contributed by atoms with Gasteiger partial charge in [0, 0.05) is 45.5 Å². The van der Waals surface area contributed by atoms with Gasteiger partial charge in [0.2, 0.25) is 10.0 Å². The fourth-order valence-electron chi connectivity index (χ4n) is 3.52. The molecule has 1 aromatic rings. The Bertz CT molecular complexity index is 839. The summed E-state index contributed by atoms with van der Waals surface area (Å²) in [5, 5.41) is 2.94. The number of hydrogen-bond acceptors (Lipinski definition) is 6. The third-order valence-corrected chi connectivity index (χ3v) is 7.04. The molecule has 3 rings (SSSR count). The monoisotopic (exact) mass is 428 g/mol. The Morgan fingerprint density at radius 3 is 2.48 bits per heavy atom. The zero-order valence-corrected chi connectivity index (χ0v) is 17.6. The summed E-state index contributed by atoms with van der Waals surface area (Å²) in [5.41, 5.74) is 0.282. The van der Waals surface area contributed by atoms with Crippen molar-refractivity contribution in [1.29, 1.82) is 0 Å². The van der Waals surface area contributed by atoms with Crippen LogP contribution in [0.3, 0.4) is 0 Å². The van der Waals surface area contributed by atoms with Crippen LogP contribution in [-0.2, 0) is 26.5 Å². The van der Waals surface area contributed by atoms with Crippen molar-refractivity contribution in [3.63, 3.8) is 0 Å². The number of nitrogens with zero attached hydrogens (tertiary/aromatic N) is 3. The van der Waals surface area contributed by atoms with Crippen molar-refractivity contribution >= 4 is 22.0 Å². The number of aryl methyl sites for hydroxylation is 1. The van der Waals surface area contributed by atoms with Gasteiger partial charge < -0.3 is 24.3 Å². The number of carbonyl (C=O) groups excluding carboxylic acids is 2. The van der Waals surface area contributed by atoms with Crippen molar-refractivity contribution in [2.24, 2.45) is 7.05 Å². The Morgan fingerprint density at radius 2 is 1.86 bits per heavy atom. The van der Waals surface area contributed by atoms with Crippen LogP contribution in [0.2, 0.25) is 0 Å². The fraction of sp³-hybridized carbons (Fsp3) is 0.667. The van der Waals surface area contributed by atoms with Gasteiger partial charge in [-0.05, 0) is 25.8 Å². The minimum Gasteiger partial charge on any atom is -0.450 e. The molecule has 2 amide bonds. The van der Waals surface area contributed by atoms with Gasteiger partial charge in [-0.3, -0.25) is 4.79 Å². The quantitative estimate of drug-likeness (QED) is 0.727. The Balaban J connectivity index is 1.61. The fourth-order valence-corrected chi connectivity index (χ4v) is 5.00. The molecular weight excluding hydrogens is 400 g/mol. The number of carbonyl (C=O) groups is 2. The van der Waals surface area contributed by atoms with Crippen LogP contribution in [0.15, 0.2) is 17.2 Å². The first-order chi connectivity index (χ1) is 13.8. The molecule has 0 atom stereocenters. The maximum Gasteiger partial charge on any atom is 0.409 e. The number of nitrogens with one attached hydrogen (secondary N) is 1. The van der Waals surface area contributed by atoms with Crippen LogP contribution < -0.4 is 5.32 Å². The second-order valence-corrected chi connectivity index (χ2v) is 9.06. The van der Waals surface area contributed by atoms with E-state index in [0.717, 1.165) is 0 Å². The van der Waals surface area contributed by atoms with E-state index in [1.807, 2.05) is 0 Å². The first kappa shape index (κ1) is 21.6. The molecule has 1 N–H and O–H groups in total. The van der Waals surface area contributed by atoms with E-state index < -0.39 is 10.0 Å². The molecule has 0 aliphatic carbocycles. The lowest BCUT2D eigenvalue weighted by Crippen LogP contribution is -2.46. The third-order valence-electron chi connectivity index (χ3n) is 5.18. The van der Waals surface area contributed by atoms with E-state index >= 15 is 0 Å². The number of likely N-dealkylation sites (tertiary alicyclic amines) is 1. The third kappa shape index (κ3) is 4.90. The topological polar surface area (TPSA) is 110 Å². The van der Waals surface area contributed by atoms with Gasteiger partial charge in [0.25, 0.3) is 5.91 Å². The highest BCUT2D eigenvalue weighted by molar-refractivity contribution is 7.89. The van der Waals surface area contributed by atoms with Gasteiger partial charge in [0.15, 0.2) is 0 Å². The van der Waals surface area contributed by atoms with Gasteiger partial charge in [0.05, 0.1) is 19.8 Å². The van der Waals surface area contributed by atoms with Crippen LogP contribution in [0.4, 0.5) is 4.79 Å². The first-order valence-electron chi connectivity index (χ1n) is 9.79. The molecule has 29 heavy (non-hydrogen) atoms. The summed E-state index contributed by atoms with van der Waals surface area (Å²) in [6.07, 6.45) is 2.36. The molecule has 11 heteroatoms. The van der Waals surface area contributed by atoms with Gasteiger partial charge in [-0.15, -0.1) is 0 Å². The van der Waals surface area contributed by atoms with Gasteiger partial charge in [-0.2, -0.15) is 4.31 Å². The van der Waals surface area contributed by atoms with E-state index in [1.54, 1.807) is 18.9 Å². The number of hydrogen-bond donors (Lipinski definition) is 1. The van der Waals surface area contributed by atoms with Crippen LogP contribution in [0.5, 0.6) is 0 Å². The Kier molecular flexibility index (Phi) is 6.81. The largest absolute Gasteiger partial charge is 0.450 e. The zero-order valence-electron chi connectivity index (χ0n) is 16.8. The lowest BCUT2D eigenvalue weighted by molar-refractivity contribution is 0.0730. The number of ether oxygens (including phenoxy) is 2. The number of rotatable bonds is 5. The minimum atomic E-state index is -3.66. The predicted octanol–water partition coefficient (Wildman–Crippen LogP) is 0.397. The summed E-state index contributed by atoms with van der Waals surface area (Å²) in [5.74, 6) is -0.328. The van der Waals surface area contributed by atoms with Crippen LogP contribution in [-0.4, -0.2) is 86.2 Å². The lowest BCUT2D eigenvalue weighted by atomic mass is 10.1. The van der Waals surface area contributed by atoms with E-state index in [0.29, 0.717) is 58.8 Å². The summed E-state index contributed by atoms with van der Waals surface area (Å²) < 4.78 is 38.7. The molecule has 2 aliphatic heterocycles. The smallest absolute Gasteiger partial charge is 0.409 e. The Labute approximate surface area is 170 Å². The molecule has 0 unspecified atom stereocenters. The van der Waals surface area contributed by atoms with Crippen LogP contribution in [0.25, 0.3) is 0 Å². The molecule has 162 valence electrons. The highest BCUT2D eigenvalue weighted by atomic mass is 32.2. The highest BCUT2D eigenvalue weighted by Crippen LogP contribution is 2.20. The zero-order chi connectivity index (χ0) is 21.0. The Morgan fingerprint density at radius 1 is 1.21 bits per heavy atom. The number of aromatic nitrogens is 1. The molecule has 2 aliphatic rings. The van der Waals surface area contributed by atoms with Gasteiger partial charge in [-0.25, -0.2) is 13.2 Å². The second kappa shape index (κ2) is 9.14. The Hall–Kier alpha value is -2.11. The standard InChI is InChI=1S/C18H28N4O6S/c1-3-28-18(24)21-6-4-14(5-7-21)19-17(23)16-12-15(13-20(16)2)29(25,26)22-8-10-27-11-9-22/h12-14H,3-11H2,1-2H3,(H,19,23). The van der Waals surface area contributed by atoms with E-state index in [2.05, 4.69) is 5.32 Å². The minimum absolute atomic E-state index is 0.0811. The number of morpholine rings is 1. The van der Waals surface area contributed by atoms with Crippen LogP contribution in [0, 0.1) is 0 Å². The molecule has 0 saturated carbocycles. The molecule has 2 fully saturated rings.